The van der Waals surface area contributed by atoms with Gasteiger partial charge in [0.2, 0.25) is 0 Å². The monoisotopic (exact) mass is 365 g/mol. The minimum absolute atomic E-state index is 0.242. The largest absolute Gasteiger partial charge is 0.381 e. The van der Waals surface area contributed by atoms with Crippen molar-refractivity contribution in [3.05, 3.63) is 70.8 Å². The standard InChI is InChI=1S/C21H19NO5/c1-14-6-8-15(9-7-14)21(10-12-26-13-11-21)20(25)27-22-18(23)16-4-2-3-5-17(16)19(22)24/h2-9H,10-13H2,1H3. The van der Waals surface area contributed by atoms with E-state index in [1.54, 1.807) is 24.3 Å². The summed E-state index contributed by atoms with van der Waals surface area (Å²) in [6.07, 6.45) is 0.857. The van der Waals surface area contributed by atoms with Crippen LogP contribution in [0.1, 0.15) is 44.7 Å². The number of carbonyl (C=O) groups is 3. The highest BCUT2D eigenvalue weighted by molar-refractivity contribution is 6.21. The average molecular weight is 365 g/mol. The maximum Gasteiger partial charge on any atom is 0.343 e. The molecule has 0 aliphatic carbocycles. The quantitative estimate of drug-likeness (QED) is 0.782. The number of fused-ring (bicyclic) bond motifs is 1. The molecule has 6 nitrogen and oxygen atoms in total. The molecule has 6 heteroatoms. The molecular formula is C21H19NO5. The van der Waals surface area contributed by atoms with Crippen LogP contribution in [0.15, 0.2) is 48.5 Å². The smallest absolute Gasteiger partial charge is 0.343 e. The van der Waals surface area contributed by atoms with Gasteiger partial charge in [-0.2, -0.15) is 0 Å². The Balaban J connectivity index is 1.65. The topological polar surface area (TPSA) is 72.9 Å². The van der Waals surface area contributed by atoms with Crippen molar-refractivity contribution in [3.8, 4) is 0 Å². The van der Waals surface area contributed by atoms with E-state index in [4.69, 9.17) is 9.57 Å². The number of benzene rings is 2. The number of hydrogen-bond acceptors (Lipinski definition) is 5. The van der Waals surface area contributed by atoms with Crippen molar-refractivity contribution in [1.82, 2.24) is 5.06 Å². The summed E-state index contributed by atoms with van der Waals surface area (Å²) in [6, 6.07) is 14.1. The average Bonchev–Trinajstić information content (AvgIpc) is 2.94. The van der Waals surface area contributed by atoms with E-state index in [1.165, 1.54) is 0 Å². The van der Waals surface area contributed by atoms with Crippen molar-refractivity contribution in [3.63, 3.8) is 0 Å². The van der Waals surface area contributed by atoms with Crippen LogP contribution in [0.3, 0.4) is 0 Å². The molecule has 2 aliphatic rings. The van der Waals surface area contributed by atoms with E-state index >= 15 is 0 Å². The Morgan fingerprint density at radius 1 is 0.963 bits per heavy atom. The zero-order valence-electron chi connectivity index (χ0n) is 14.9. The van der Waals surface area contributed by atoms with Gasteiger partial charge in [-0.05, 0) is 37.5 Å². The van der Waals surface area contributed by atoms with Crippen LogP contribution >= 0.6 is 0 Å². The number of carbonyl (C=O) groups excluding carboxylic acids is 3. The van der Waals surface area contributed by atoms with Crippen molar-refractivity contribution >= 4 is 17.8 Å². The Labute approximate surface area is 156 Å². The number of hydrogen-bond donors (Lipinski definition) is 0. The molecule has 0 saturated carbocycles. The molecule has 0 N–H and O–H groups in total. The number of rotatable bonds is 3. The molecule has 2 aromatic carbocycles. The summed E-state index contributed by atoms with van der Waals surface area (Å²) in [4.78, 5) is 43.6. The minimum Gasteiger partial charge on any atom is -0.381 e. The summed E-state index contributed by atoms with van der Waals surface area (Å²) in [5.74, 6) is -1.84. The van der Waals surface area contributed by atoms with Gasteiger partial charge in [0.15, 0.2) is 0 Å². The molecule has 0 unspecified atom stereocenters. The van der Waals surface area contributed by atoms with Crippen LogP contribution in [0.5, 0.6) is 0 Å². The van der Waals surface area contributed by atoms with Gasteiger partial charge >= 0.3 is 5.97 Å². The molecule has 2 amide bonds. The first-order chi connectivity index (χ1) is 13.0. The van der Waals surface area contributed by atoms with Crippen LogP contribution in [0.2, 0.25) is 0 Å². The van der Waals surface area contributed by atoms with E-state index in [9.17, 15) is 14.4 Å². The van der Waals surface area contributed by atoms with Gasteiger partial charge in [-0.3, -0.25) is 9.59 Å². The summed E-state index contributed by atoms with van der Waals surface area (Å²) >= 11 is 0. The van der Waals surface area contributed by atoms with Gasteiger partial charge in [0.05, 0.1) is 16.5 Å². The van der Waals surface area contributed by atoms with Crippen LogP contribution in [0, 0.1) is 6.92 Å². The number of ether oxygens (including phenoxy) is 1. The number of amides is 2. The molecule has 138 valence electrons. The molecule has 0 bridgehead atoms. The Morgan fingerprint density at radius 2 is 1.52 bits per heavy atom. The maximum atomic E-state index is 13.2. The lowest BCUT2D eigenvalue weighted by Gasteiger charge is -2.35. The van der Waals surface area contributed by atoms with Gasteiger partial charge in [-0.25, -0.2) is 4.79 Å². The first-order valence-corrected chi connectivity index (χ1v) is 8.88. The summed E-state index contributed by atoms with van der Waals surface area (Å²) in [5, 5.41) is 0.582. The van der Waals surface area contributed by atoms with E-state index in [-0.39, 0.29) is 11.1 Å². The first-order valence-electron chi connectivity index (χ1n) is 8.88. The molecule has 2 heterocycles. The van der Waals surface area contributed by atoms with E-state index < -0.39 is 23.2 Å². The Hall–Kier alpha value is -2.99. The molecule has 1 fully saturated rings. The highest BCUT2D eigenvalue weighted by atomic mass is 16.7. The number of imide groups is 1. The first kappa shape index (κ1) is 17.4. The lowest BCUT2D eigenvalue weighted by molar-refractivity contribution is -0.179. The fraction of sp³-hybridized carbons (Fsp3) is 0.286. The fourth-order valence-electron chi connectivity index (χ4n) is 3.62. The summed E-state index contributed by atoms with van der Waals surface area (Å²) in [5.41, 5.74) is 1.42. The van der Waals surface area contributed by atoms with Gasteiger partial charge in [0, 0.05) is 13.2 Å². The highest BCUT2D eigenvalue weighted by Gasteiger charge is 2.47. The second kappa shape index (κ2) is 6.63. The zero-order chi connectivity index (χ0) is 19.0. The van der Waals surface area contributed by atoms with Crippen LogP contribution in [0.4, 0.5) is 0 Å². The predicted molar refractivity (Wildman–Crippen MR) is 95.9 cm³/mol. The maximum absolute atomic E-state index is 13.2. The van der Waals surface area contributed by atoms with Crippen LogP contribution in [0.25, 0.3) is 0 Å². The predicted octanol–water partition coefficient (Wildman–Crippen LogP) is 2.80. The van der Waals surface area contributed by atoms with Crippen molar-refractivity contribution in [1.29, 1.82) is 0 Å². The van der Waals surface area contributed by atoms with Gasteiger partial charge < -0.3 is 9.57 Å². The van der Waals surface area contributed by atoms with E-state index in [0.717, 1.165) is 11.1 Å². The molecule has 2 aliphatic heterocycles. The van der Waals surface area contributed by atoms with E-state index in [1.807, 2.05) is 31.2 Å². The third-order valence-electron chi connectivity index (χ3n) is 5.27. The molecule has 0 spiro atoms. The van der Waals surface area contributed by atoms with Gasteiger partial charge in [0.1, 0.15) is 0 Å². The summed E-state index contributed by atoms with van der Waals surface area (Å²) in [6.45, 7) is 2.79. The molecule has 4 rings (SSSR count). The van der Waals surface area contributed by atoms with E-state index in [2.05, 4.69) is 0 Å². The Kier molecular flexibility index (Phi) is 4.28. The molecular weight excluding hydrogens is 346 g/mol. The molecule has 1 saturated heterocycles. The molecule has 0 aromatic heterocycles. The summed E-state index contributed by atoms with van der Waals surface area (Å²) in [7, 11) is 0. The summed E-state index contributed by atoms with van der Waals surface area (Å²) < 4.78 is 5.43. The normalized spacial score (nSPS) is 18.3. The van der Waals surface area contributed by atoms with E-state index in [0.29, 0.717) is 31.1 Å². The highest BCUT2D eigenvalue weighted by Crippen LogP contribution is 2.37. The zero-order valence-corrected chi connectivity index (χ0v) is 14.9. The van der Waals surface area contributed by atoms with Crippen molar-refractivity contribution in [2.24, 2.45) is 0 Å². The van der Waals surface area contributed by atoms with Crippen LogP contribution in [-0.4, -0.2) is 36.1 Å². The van der Waals surface area contributed by atoms with Gasteiger partial charge in [0.25, 0.3) is 11.8 Å². The van der Waals surface area contributed by atoms with Crippen LogP contribution in [-0.2, 0) is 19.8 Å². The van der Waals surface area contributed by atoms with Crippen molar-refractivity contribution < 1.29 is 24.0 Å². The van der Waals surface area contributed by atoms with Crippen LogP contribution < -0.4 is 0 Å². The molecule has 0 atom stereocenters. The lowest BCUT2D eigenvalue weighted by atomic mass is 9.74. The Bertz CT molecular complexity index is 877. The second-order valence-corrected chi connectivity index (χ2v) is 6.89. The Morgan fingerprint density at radius 3 is 2.07 bits per heavy atom. The third-order valence-corrected chi connectivity index (χ3v) is 5.27. The number of nitrogens with zero attached hydrogens (tertiary/aromatic N) is 1. The van der Waals surface area contributed by atoms with Gasteiger partial charge in [-0.15, -0.1) is 0 Å². The van der Waals surface area contributed by atoms with Gasteiger partial charge in [-0.1, -0.05) is 47.0 Å². The molecule has 2 aromatic rings. The van der Waals surface area contributed by atoms with Crippen molar-refractivity contribution in [2.75, 3.05) is 13.2 Å². The fourth-order valence-corrected chi connectivity index (χ4v) is 3.62. The van der Waals surface area contributed by atoms with Crippen molar-refractivity contribution in [2.45, 2.75) is 25.2 Å². The minimum atomic E-state index is -0.943. The lowest BCUT2D eigenvalue weighted by Crippen LogP contribution is -2.46. The molecule has 0 radical (unpaired) electrons. The number of aryl methyl sites for hydroxylation is 1. The SMILES string of the molecule is Cc1ccc(C2(C(=O)ON3C(=O)c4ccccc4C3=O)CCOCC2)cc1. The number of hydroxylamine groups is 2. The molecule has 27 heavy (non-hydrogen) atoms. The third kappa shape index (κ3) is 2.82. The second-order valence-electron chi connectivity index (χ2n) is 6.89.